The molecular formula is C22H21F3N2O2. The molecule has 1 aliphatic rings. The van der Waals surface area contributed by atoms with Gasteiger partial charge in [0.15, 0.2) is 0 Å². The SMILES string of the molecule is N#Cc1ccc(N2CCC(c3ccc(OCCCC=O)cc3)C2)cc1C(F)(F)F. The van der Waals surface area contributed by atoms with E-state index in [1.807, 2.05) is 29.2 Å². The highest BCUT2D eigenvalue weighted by atomic mass is 19.4. The molecule has 0 aliphatic carbocycles. The predicted molar refractivity (Wildman–Crippen MR) is 103 cm³/mol. The van der Waals surface area contributed by atoms with Crippen LogP contribution in [0.15, 0.2) is 42.5 Å². The van der Waals surface area contributed by atoms with Crippen LogP contribution in [0.5, 0.6) is 5.75 Å². The Kier molecular flexibility index (Phi) is 6.42. The Morgan fingerprint density at radius 1 is 1.21 bits per heavy atom. The normalized spacial score (nSPS) is 16.5. The third-order valence-electron chi connectivity index (χ3n) is 5.07. The molecule has 3 rings (SSSR count). The number of rotatable bonds is 7. The Balaban J connectivity index is 1.66. The van der Waals surface area contributed by atoms with Gasteiger partial charge in [-0.25, -0.2) is 0 Å². The van der Waals surface area contributed by atoms with Gasteiger partial charge in [-0.1, -0.05) is 12.1 Å². The average Bonchev–Trinajstić information content (AvgIpc) is 3.21. The van der Waals surface area contributed by atoms with Crippen LogP contribution in [-0.2, 0) is 11.0 Å². The van der Waals surface area contributed by atoms with Crippen molar-refractivity contribution in [1.29, 1.82) is 5.26 Å². The Morgan fingerprint density at radius 2 is 1.97 bits per heavy atom. The number of nitrogens with zero attached hydrogens (tertiary/aromatic N) is 2. The molecule has 2 aromatic rings. The van der Waals surface area contributed by atoms with Crippen molar-refractivity contribution in [3.63, 3.8) is 0 Å². The second-order valence-corrected chi connectivity index (χ2v) is 7.00. The maximum absolute atomic E-state index is 13.2. The van der Waals surface area contributed by atoms with Crippen LogP contribution in [0.25, 0.3) is 0 Å². The molecule has 1 saturated heterocycles. The van der Waals surface area contributed by atoms with E-state index in [0.717, 1.165) is 30.1 Å². The zero-order chi connectivity index (χ0) is 20.9. The molecule has 0 saturated carbocycles. The molecule has 0 spiro atoms. The van der Waals surface area contributed by atoms with E-state index < -0.39 is 11.7 Å². The van der Waals surface area contributed by atoms with E-state index in [4.69, 9.17) is 10.00 Å². The fourth-order valence-corrected chi connectivity index (χ4v) is 3.52. The molecule has 4 nitrogen and oxygen atoms in total. The van der Waals surface area contributed by atoms with Crippen LogP contribution in [0, 0.1) is 11.3 Å². The summed E-state index contributed by atoms with van der Waals surface area (Å²) < 4.78 is 45.2. The molecule has 152 valence electrons. The number of carbonyl (C=O) groups is 1. The predicted octanol–water partition coefficient (Wildman–Crippen LogP) is 4.93. The van der Waals surface area contributed by atoms with E-state index in [0.29, 0.717) is 38.2 Å². The van der Waals surface area contributed by atoms with Crippen molar-refractivity contribution in [2.75, 3.05) is 24.6 Å². The van der Waals surface area contributed by atoms with E-state index in [1.54, 1.807) is 12.1 Å². The first-order valence-electron chi connectivity index (χ1n) is 9.45. The number of nitriles is 1. The maximum Gasteiger partial charge on any atom is 0.417 e. The van der Waals surface area contributed by atoms with Crippen LogP contribution in [0.4, 0.5) is 18.9 Å². The van der Waals surface area contributed by atoms with E-state index in [1.165, 1.54) is 6.07 Å². The van der Waals surface area contributed by atoms with Crippen LogP contribution in [0.1, 0.15) is 41.9 Å². The summed E-state index contributed by atoms with van der Waals surface area (Å²) >= 11 is 0. The zero-order valence-corrected chi connectivity index (χ0v) is 15.8. The Morgan fingerprint density at radius 3 is 2.62 bits per heavy atom. The maximum atomic E-state index is 13.2. The lowest BCUT2D eigenvalue weighted by Crippen LogP contribution is -2.20. The summed E-state index contributed by atoms with van der Waals surface area (Å²) in [6.45, 7) is 1.75. The lowest BCUT2D eigenvalue weighted by Gasteiger charge is -2.21. The number of benzene rings is 2. The summed E-state index contributed by atoms with van der Waals surface area (Å²) in [6.07, 6.45) is -1.71. The Bertz CT molecular complexity index is 888. The molecule has 1 fully saturated rings. The third-order valence-corrected chi connectivity index (χ3v) is 5.07. The number of alkyl halides is 3. The van der Waals surface area contributed by atoms with E-state index >= 15 is 0 Å². The van der Waals surface area contributed by atoms with Gasteiger partial charge in [-0.3, -0.25) is 0 Å². The Labute approximate surface area is 167 Å². The van der Waals surface area contributed by atoms with Gasteiger partial charge in [-0.05, 0) is 48.7 Å². The van der Waals surface area contributed by atoms with E-state index in [9.17, 15) is 18.0 Å². The van der Waals surface area contributed by atoms with Crippen LogP contribution < -0.4 is 9.64 Å². The van der Waals surface area contributed by atoms with Crippen molar-refractivity contribution in [2.45, 2.75) is 31.4 Å². The topological polar surface area (TPSA) is 53.3 Å². The molecule has 1 heterocycles. The third kappa shape index (κ3) is 5.08. The molecule has 0 radical (unpaired) electrons. The summed E-state index contributed by atoms with van der Waals surface area (Å²) in [7, 11) is 0. The quantitative estimate of drug-likeness (QED) is 0.487. The van der Waals surface area contributed by atoms with Crippen LogP contribution >= 0.6 is 0 Å². The summed E-state index contributed by atoms with van der Waals surface area (Å²) in [4.78, 5) is 12.2. The van der Waals surface area contributed by atoms with E-state index in [-0.39, 0.29) is 11.5 Å². The molecule has 0 amide bonds. The second-order valence-electron chi connectivity index (χ2n) is 7.00. The summed E-state index contributed by atoms with van der Waals surface area (Å²) in [5, 5.41) is 8.94. The van der Waals surface area contributed by atoms with Crippen LogP contribution in [0.3, 0.4) is 0 Å². The van der Waals surface area contributed by atoms with Gasteiger partial charge >= 0.3 is 6.18 Å². The standard InChI is InChI=1S/C22H21F3N2O2/c23-22(24,25)21-13-19(6-3-17(21)14-26)27-10-9-18(15-27)16-4-7-20(8-5-16)29-12-2-1-11-28/h3-8,11,13,18H,1-2,9-10,12,15H2. The van der Waals surface area contributed by atoms with Gasteiger partial charge in [-0.15, -0.1) is 0 Å². The number of carbonyl (C=O) groups excluding carboxylic acids is 1. The van der Waals surface area contributed by atoms with Crippen molar-refractivity contribution in [3.05, 3.63) is 59.2 Å². The van der Waals surface area contributed by atoms with Crippen molar-refractivity contribution in [1.82, 2.24) is 0 Å². The van der Waals surface area contributed by atoms with Gasteiger partial charge in [0.05, 0.1) is 23.8 Å². The molecule has 7 heteroatoms. The number of hydrogen-bond acceptors (Lipinski definition) is 4. The molecule has 29 heavy (non-hydrogen) atoms. The first-order chi connectivity index (χ1) is 13.9. The highest BCUT2D eigenvalue weighted by molar-refractivity contribution is 5.56. The first kappa shape index (κ1) is 20.7. The fraction of sp³-hybridized carbons (Fsp3) is 0.364. The van der Waals surface area contributed by atoms with Crippen LogP contribution in [0.2, 0.25) is 0 Å². The van der Waals surface area contributed by atoms with Gasteiger partial charge in [0.1, 0.15) is 12.0 Å². The fourth-order valence-electron chi connectivity index (χ4n) is 3.52. The smallest absolute Gasteiger partial charge is 0.417 e. The number of aldehydes is 1. The molecule has 1 atom stereocenters. The van der Waals surface area contributed by atoms with Crippen molar-refractivity contribution >= 4 is 12.0 Å². The number of ether oxygens (including phenoxy) is 1. The molecule has 2 aromatic carbocycles. The Hall–Kier alpha value is -3.01. The molecule has 1 unspecified atom stereocenters. The lowest BCUT2D eigenvalue weighted by atomic mass is 9.98. The number of unbranched alkanes of at least 4 members (excludes halogenated alkanes) is 1. The molecule has 0 aromatic heterocycles. The van der Waals surface area contributed by atoms with Crippen molar-refractivity contribution in [2.24, 2.45) is 0 Å². The zero-order valence-electron chi connectivity index (χ0n) is 15.8. The van der Waals surface area contributed by atoms with Gasteiger partial charge in [0, 0.05) is 31.1 Å². The number of hydrogen-bond donors (Lipinski definition) is 0. The van der Waals surface area contributed by atoms with Crippen molar-refractivity contribution < 1.29 is 22.7 Å². The molecule has 0 bridgehead atoms. The molecular weight excluding hydrogens is 381 g/mol. The van der Waals surface area contributed by atoms with E-state index in [2.05, 4.69) is 0 Å². The minimum atomic E-state index is -4.55. The second kappa shape index (κ2) is 8.99. The highest BCUT2D eigenvalue weighted by Crippen LogP contribution is 2.37. The summed E-state index contributed by atoms with van der Waals surface area (Å²) in [5.74, 6) is 0.945. The lowest BCUT2D eigenvalue weighted by molar-refractivity contribution is -0.137. The average molecular weight is 402 g/mol. The number of anilines is 1. The van der Waals surface area contributed by atoms with Crippen molar-refractivity contribution in [3.8, 4) is 11.8 Å². The molecule has 1 aliphatic heterocycles. The van der Waals surface area contributed by atoms with Gasteiger partial charge in [0.25, 0.3) is 0 Å². The van der Waals surface area contributed by atoms with Gasteiger partial charge in [-0.2, -0.15) is 18.4 Å². The largest absolute Gasteiger partial charge is 0.494 e. The number of halogens is 3. The van der Waals surface area contributed by atoms with Gasteiger partial charge < -0.3 is 14.4 Å². The summed E-state index contributed by atoms with van der Waals surface area (Å²) in [5.41, 5.74) is 0.337. The van der Waals surface area contributed by atoms with Gasteiger partial charge in [0.2, 0.25) is 0 Å². The monoisotopic (exact) mass is 402 g/mol. The minimum Gasteiger partial charge on any atom is -0.494 e. The summed E-state index contributed by atoms with van der Waals surface area (Å²) in [6, 6.07) is 13.2. The minimum absolute atomic E-state index is 0.212. The van der Waals surface area contributed by atoms with Crippen LogP contribution in [-0.4, -0.2) is 26.0 Å². The first-order valence-corrected chi connectivity index (χ1v) is 9.45. The highest BCUT2D eigenvalue weighted by Gasteiger charge is 2.35. The molecule has 0 N–H and O–H groups in total.